The fourth-order valence-corrected chi connectivity index (χ4v) is 3.81. The van der Waals surface area contributed by atoms with E-state index < -0.39 is 16.0 Å². The molecule has 24 heavy (non-hydrogen) atoms. The highest BCUT2D eigenvalue weighted by molar-refractivity contribution is 7.89. The Hall–Kier alpha value is -1.15. The maximum absolute atomic E-state index is 12.6. The van der Waals surface area contributed by atoms with Gasteiger partial charge in [-0.15, -0.1) is 12.4 Å². The van der Waals surface area contributed by atoms with Gasteiger partial charge >= 0.3 is 5.97 Å². The smallest absolute Gasteiger partial charge is 0.338 e. The number of benzene rings is 1. The highest BCUT2D eigenvalue weighted by Crippen LogP contribution is 2.19. The lowest BCUT2D eigenvalue weighted by Gasteiger charge is -2.19. The van der Waals surface area contributed by atoms with Crippen molar-refractivity contribution in [2.75, 3.05) is 13.2 Å². The normalized spacial score (nSPS) is 12.6. The van der Waals surface area contributed by atoms with E-state index >= 15 is 0 Å². The van der Waals surface area contributed by atoms with Crippen molar-refractivity contribution in [3.05, 3.63) is 29.3 Å². The molecule has 0 radical (unpaired) electrons. The minimum Gasteiger partial charge on any atom is -0.462 e. The lowest BCUT2D eigenvalue weighted by atomic mass is 10.1. The number of nitrogens with one attached hydrogen (secondary N) is 1. The van der Waals surface area contributed by atoms with E-state index in [-0.39, 0.29) is 42.1 Å². The van der Waals surface area contributed by atoms with Crippen molar-refractivity contribution in [1.29, 1.82) is 0 Å². The van der Waals surface area contributed by atoms with E-state index in [9.17, 15) is 13.2 Å². The van der Waals surface area contributed by atoms with E-state index in [4.69, 9.17) is 10.5 Å². The first-order valence-corrected chi connectivity index (χ1v) is 9.19. The van der Waals surface area contributed by atoms with Crippen LogP contribution in [0.3, 0.4) is 0 Å². The fourth-order valence-electron chi connectivity index (χ4n) is 2.28. The second-order valence-corrected chi connectivity index (χ2v) is 7.57. The Balaban J connectivity index is 0.00000529. The van der Waals surface area contributed by atoms with Crippen molar-refractivity contribution < 1.29 is 17.9 Å². The van der Waals surface area contributed by atoms with Gasteiger partial charge in [0.05, 0.1) is 17.1 Å². The molecule has 0 bridgehead atoms. The Labute approximate surface area is 150 Å². The Bertz CT molecular complexity index is 647. The zero-order valence-electron chi connectivity index (χ0n) is 14.5. The van der Waals surface area contributed by atoms with Gasteiger partial charge in [-0.1, -0.05) is 19.9 Å². The number of halogens is 1. The number of nitrogens with two attached hydrogens (primary N) is 1. The molecule has 0 fully saturated rings. The van der Waals surface area contributed by atoms with Crippen molar-refractivity contribution in [2.24, 2.45) is 11.7 Å². The predicted octanol–water partition coefficient (Wildman–Crippen LogP) is 2.25. The quantitative estimate of drug-likeness (QED) is 0.676. The second-order valence-electron chi connectivity index (χ2n) is 5.88. The molecule has 1 aromatic carbocycles. The van der Waals surface area contributed by atoms with Crippen LogP contribution >= 0.6 is 12.4 Å². The summed E-state index contributed by atoms with van der Waals surface area (Å²) in [7, 11) is -3.76. The van der Waals surface area contributed by atoms with Crippen LogP contribution in [0.4, 0.5) is 0 Å². The monoisotopic (exact) mass is 378 g/mol. The number of esters is 1. The maximum atomic E-state index is 12.6. The summed E-state index contributed by atoms with van der Waals surface area (Å²) in [6.07, 6.45) is 0.645. The van der Waals surface area contributed by atoms with Crippen LogP contribution in [-0.4, -0.2) is 33.6 Å². The zero-order valence-corrected chi connectivity index (χ0v) is 16.2. The molecule has 0 spiro atoms. The van der Waals surface area contributed by atoms with Crippen LogP contribution in [0.5, 0.6) is 0 Å². The van der Waals surface area contributed by atoms with Gasteiger partial charge in [0.1, 0.15) is 0 Å². The van der Waals surface area contributed by atoms with Gasteiger partial charge in [-0.25, -0.2) is 17.9 Å². The van der Waals surface area contributed by atoms with E-state index in [2.05, 4.69) is 4.72 Å². The van der Waals surface area contributed by atoms with E-state index in [1.807, 2.05) is 13.8 Å². The molecule has 0 aromatic heterocycles. The van der Waals surface area contributed by atoms with Gasteiger partial charge in [0.25, 0.3) is 0 Å². The molecule has 1 aromatic rings. The van der Waals surface area contributed by atoms with E-state index in [0.29, 0.717) is 17.9 Å². The topological polar surface area (TPSA) is 98.5 Å². The van der Waals surface area contributed by atoms with Crippen LogP contribution in [0.25, 0.3) is 0 Å². The number of rotatable bonds is 8. The van der Waals surface area contributed by atoms with E-state index in [0.717, 1.165) is 0 Å². The summed E-state index contributed by atoms with van der Waals surface area (Å²) in [4.78, 5) is 11.9. The molecule has 0 saturated heterocycles. The molecule has 0 aliphatic rings. The maximum Gasteiger partial charge on any atom is 0.338 e. The van der Waals surface area contributed by atoms with E-state index in [1.54, 1.807) is 26.0 Å². The molecule has 0 aliphatic carbocycles. The van der Waals surface area contributed by atoms with Gasteiger partial charge in [0.2, 0.25) is 10.0 Å². The highest BCUT2D eigenvalue weighted by atomic mass is 35.5. The van der Waals surface area contributed by atoms with E-state index in [1.165, 1.54) is 6.07 Å². The molecule has 138 valence electrons. The third-order valence-corrected chi connectivity index (χ3v) is 5.01. The summed E-state index contributed by atoms with van der Waals surface area (Å²) in [5.74, 6) is -0.222. The largest absolute Gasteiger partial charge is 0.462 e. The van der Waals surface area contributed by atoms with Crippen LogP contribution in [0, 0.1) is 12.8 Å². The Kier molecular flexibility index (Phi) is 9.50. The molecule has 1 rings (SSSR count). The predicted molar refractivity (Wildman–Crippen MR) is 97.0 cm³/mol. The van der Waals surface area contributed by atoms with Gasteiger partial charge in [0.15, 0.2) is 0 Å². The van der Waals surface area contributed by atoms with Crippen molar-refractivity contribution in [2.45, 2.75) is 45.1 Å². The number of carbonyl (C=O) groups is 1. The molecule has 6 nitrogen and oxygen atoms in total. The molecular formula is C16H27ClN2O4S. The molecular weight excluding hydrogens is 352 g/mol. The first kappa shape index (κ1) is 22.9. The summed E-state index contributed by atoms with van der Waals surface area (Å²) >= 11 is 0. The van der Waals surface area contributed by atoms with Crippen LogP contribution in [0.1, 0.15) is 43.1 Å². The molecule has 8 heteroatoms. The van der Waals surface area contributed by atoms with Gasteiger partial charge in [-0.2, -0.15) is 0 Å². The van der Waals surface area contributed by atoms with Crippen molar-refractivity contribution in [3.63, 3.8) is 0 Å². The lowest BCUT2D eigenvalue weighted by Crippen LogP contribution is -2.41. The number of hydrogen-bond donors (Lipinski definition) is 2. The summed E-state index contributed by atoms with van der Waals surface area (Å²) in [5.41, 5.74) is 6.44. The fraction of sp³-hybridized carbons (Fsp3) is 0.562. The number of aryl methyl sites for hydroxylation is 1. The minimum absolute atomic E-state index is 0. The van der Waals surface area contributed by atoms with Crippen molar-refractivity contribution in [3.8, 4) is 0 Å². The molecule has 0 saturated carbocycles. The van der Waals surface area contributed by atoms with Gasteiger partial charge in [-0.3, -0.25) is 0 Å². The Morgan fingerprint density at radius 1 is 1.33 bits per heavy atom. The lowest BCUT2D eigenvalue weighted by molar-refractivity contribution is 0.0526. The third-order valence-electron chi connectivity index (χ3n) is 3.35. The molecule has 0 amide bonds. The first-order chi connectivity index (χ1) is 10.7. The number of ether oxygens (including phenoxy) is 1. The molecule has 3 N–H and O–H groups in total. The van der Waals surface area contributed by atoms with Crippen LogP contribution in [-0.2, 0) is 14.8 Å². The number of hydrogen-bond acceptors (Lipinski definition) is 5. The molecule has 1 unspecified atom stereocenters. The summed E-state index contributed by atoms with van der Waals surface area (Å²) in [6.45, 7) is 7.84. The third kappa shape index (κ3) is 6.39. The summed E-state index contributed by atoms with van der Waals surface area (Å²) < 4.78 is 32.8. The second kappa shape index (κ2) is 9.98. The average Bonchev–Trinajstić information content (AvgIpc) is 2.46. The highest BCUT2D eigenvalue weighted by Gasteiger charge is 2.23. The Morgan fingerprint density at radius 2 is 1.96 bits per heavy atom. The average molecular weight is 379 g/mol. The van der Waals surface area contributed by atoms with Gasteiger partial charge in [0, 0.05) is 12.6 Å². The molecule has 0 aliphatic heterocycles. The van der Waals surface area contributed by atoms with Crippen molar-refractivity contribution in [1.82, 2.24) is 4.72 Å². The molecule has 0 heterocycles. The summed E-state index contributed by atoms with van der Waals surface area (Å²) in [6, 6.07) is 4.16. The van der Waals surface area contributed by atoms with Crippen LogP contribution in [0.15, 0.2) is 23.1 Å². The SMILES string of the molecule is CCOC(=O)c1ccc(C)c(S(=O)(=O)NC(CN)CC(C)C)c1.Cl. The van der Waals surface area contributed by atoms with Gasteiger partial charge in [-0.05, 0) is 43.9 Å². The van der Waals surface area contributed by atoms with Crippen LogP contribution in [0.2, 0.25) is 0 Å². The van der Waals surface area contributed by atoms with Crippen molar-refractivity contribution >= 4 is 28.4 Å². The summed E-state index contributed by atoms with van der Waals surface area (Å²) in [5, 5.41) is 0. The van der Waals surface area contributed by atoms with Gasteiger partial charge < -0.3 is 10.5 Å². The number of carbonyl (C=O) groups excluding carboxylic acids is 1. The first-order valence-electron chi connectivity index (χ1n) is 7.71. The minimum atomic E-state index is -3.76. The number of sulfonamides is 1. The molecule has 1 atom stereocenters. The Morgan fingerprint density at radius 3 is 2.46 bits per heavy atom. The zero-order chi connectivity index (χ0) is 17.6. The van der Waals surface area contributed by atoms with Crippen LogP contribution < -0.4 is 10.5 Å². The standard InChI is InChI=1S/C16H26N2O4S.ClH/c1-5-22-16(19)13-7-6-12(4)15(9-13)23(20,21)18-14(10-17)8-11(2)3;/h6-7,9,11,14,18H,5,8,10,17H2,1-4H3;1H.